The molecule has 1 atom stereocenters. The largest absolute Gasteiger partial charge is 0.411 e. The molecule has 25 heavy (non-hydrogen) atoms. The van der Waals surface area contributed by atoms with E-state index < -0.39 is 28.5 Å². The van der Waals surface area contributed by atoms with Crippen molar-refractivity contribution in [3.8, 4) is 11.5 Å². The summed E-state index contributed by atoms with van der Waals surface area (Å²) in [6.07, 6.45) is 0. The molecule has 2 aromatic carbocycles. The third-order valence-electron chi connectivity index (χ3n) is 3.36. The maximum Gasteiger partial charge on any atom is 0.277 e. The number of aromatic nitrogens is 2. The molecule has 0 fully saturated rings. The van der Waals surface area contributed by atoms with Gasteiger partial charge in [-0.05, 0) is 37.3 Å². The predicted octanol–water partition coefficient (Wildman–Crippen LogP) is 4.52. The number of Topliss-reactive ketones (excluding diaryl/α,β-unsaturated/α-hetero) is 1. The van der Waals surface area contributed by atoms with E-state index in [4.69, 9.17) is 4.42 Å². The molecule has 1 aromatic heterocycles. The molecule has 0 amide bonds. The first-order valence-electron chi connectivity index (χ1n) is 7.20. The van der Waals surface area contributed by atoms with Gasteiger partial charge >= 0.3 is 0 Å². The molecule has 0 spiro atoms. The molecule has 8 heteroatoms. The normalized spacial score (nSPS) is 12.2. The summed E-state index contributed by atoms with van der Waals surface area (Å²) in [4.78, 5) is 12.3. The number of halogens is 3. The summed E-state index contributed by atoms with van der Waals surface area (Å²) in [7, 11) is 0. The van der Waals surface area contributed by atoms with Gasteiger partial charge in [-0.2, -0.15) is 0 Å². The van der Waals surface area contributed by atoms with Gasteiger partial charge in [0.1, 0.15) is 5.82 Å². The second-order valence-electron chi connectivity index (χ2n) is 5.11. The van der Waals surface area contributed by atoms with Crippen molar-refractivity contribution < 1.29 is 22.4 Å². The number of carbonyl (C=O) groups is 1. The molecule has 0 unspecified atom stereocenters. The average molecular weight is 364 g/mol. The molecular weight excluding hydrogens is 353 g/mol. The van der Waals surface area contributed by atoms with Crippen molar-refractivity contribution in [1.82, 2.24) is 10.2 Å². The Kier molecular flexibility index (Phi) is 4.89. The fraction of sp³-hybridized carbons (Fsp3) is 0.118. The Hall–Kier alpha value is -2.61. The summed E-state index contributed by atoms with van der Waals surface area (Å²) in [5, 5.41) is 6.92. The molecule has 128 valence electrons. The van der Waals surface area contributed by atoms with Gasteiger partial charge in [0.05, 0.1) is 10.8 Å². The minimum atomic E-state index is -1.09. The smallest absolute Gasteiger partial charge is 0.277 e. The Labute approximate surface area is 145 Å². The quantitative estimate of drug-likeness (QED) is 0.492. The first kappa shape index (κ1) is 17.2. The van der Waals surface area contributed by atoms with Crippen LogP contribution < -0.4 is 0 Å². The molecular formula is C17H11F3N2O2S. The van der Waals surface area contributed by atoms with Crippen molar-refractivity contribution in [3.05, 3.63) is 65.5 Å². The molecule has 0 aliphatic rings. The minimum absolute atomic E-state index is 0.00641. The lowest BCUT2D eigenvalue weighted by Gasteiger charge is -2.07. The van der Waals surface area contributed by atoms with Gasteiger partial charge in [-0.3, -0.25) is 4.79 Å². The number of thioether (sulfide) groups is 1. The van der Waals surface area contributed by atoms with Crippen LogP contribution in [-0.2, 0) is 0 Å². The van der Waals surface area contributed by atoms with E-state index in [1.54, 1.807) is 13.0 Å². The highest BCUT2D eigenvalue weighted by Gasteiger charge is 2.21. The fourth-order valence-corrected chi connectivity index (χ4v) is 2.85. The van der Waals surface area contributed by atoms with Crippen molar-refractivity contribution >= 4 is 17.5 Å². The zero-order valence-corrected chi connectivity index (χ0v) is 13.7. The summed E-state index contributed by atoms with van der Waals surface area (Å²) < 4.78 is 45.3. The van der Waals surface area contributed by atoms with Crippen LogP contribution in [0.3, 0.4) is 0 Å². The van der Waals surface area contributed by atoms with Crippen molar-refractivity contribution in [1.29, 1.82) is 0 Å². The Balaban J connectivity index is 1.75. The monoisotopic (exact) mass is 364 g/mol. The molecule has 1 heterocycles. The van der Waals surface area contributed by atoms with Gasteiger partial charge in [0.25, 0.3) is 11.1 Å². The lowest BCUT2D eigenvalue weighted by molar-refractivity contribution is 0.0993. The Morgan fingerprint density at radius 3 is 2.52 bits per heavy atom. The second kappa shape index (κ2) is 7.10. The Morgan fingerprint density at radius 1 is 1.04 bits per heavy atom. The van der Waals surface area contributed by atoms with E-state index in [1.807, 2.05) is 0 Å². The van der Waals surface area contributed by atoms with Crippen LogP contribution in [0, 0.1) is 17.5 Å². The van der Waals surface area contributed by atoms with Crippen LogP contribution in [0.15, 0.2) is 52.1 Å². The molecule has 3 rings (SSSR count). The van der Waals surface area contributed by atoms with E-state index in [0.717, 1.165) is 23.9 Å². The minimum Gasteiger partial charge on any atom is -0.411 e. The number of hydrogen-bond acceptors (Lipinski definition) is 5. The molecule has 0 N–H and O–H groups in total. The van der Waals surface area contributed by atoms with Gasteiger partial charge in [-0.25, -0.2) is 13.2 Å². The third kappa shape index (κ3) is 3.74. The van der Waals surface area contributed by atoms with E-state index in [9.17, 15) is 18.0 Å². The van der Waals surface area contributed by atoms with Crippen molar-refractivity contribution in [2.45, 2.75) is 17.4 Å². The van der Waals surface area contributed by atoms with Gasteiger partial charge < -0.3 is 4.42 Å². The zero-order valence-electron chi connectivity index (χ0n) is 12.9. The van der Waals surface area contributed by atoms with Gasteiger partial charge in [-0.15, -0.1) is 10.2 Å². The van der Waals surface area contributed by atoms with E-state index in [-0.39, 0.29) is 22.2 Å². The molecule has 0 bridgehead atoms. The maximum absolute atomic E-state index is 13.7. The summed E-state index contributed by atoms with van der Waals surface area (Å²) in [6, 6.07) is 8.86. The van der Waals surface area contributed by atoms with Crippen LogP contribution in [0.1, 0.15) is 17.3 Å². The second-order valence-corrected chi connectivity index (χ2v) is 6.40. The standard InChI is InChI=1S/C17H11F3N2O2S/c1-9(15(23)10-6-7-13(19)14(20)8-10)25-17-22-21-16(24-17)11-4-2-3-5-12(11)18/h2-9H,1H3/t9-/m1/s1. The van der Waals surface area contributed by atoms with Gasteiger partial charge in [0.15, 0.2) is 17.4 Å². The van der Waals surface area contributed by atoms with Gasteiger partial charge in [0, 0.05) is 5.56 Å². The fourth-order valence-electron chi connectivity index (χ4n) is 2.09. The number of nitrogens with zero attached hydrogens (tertiary/aromatic N) is 2. The van der Waals surface area contributed by atoms with Gasteiger partial charge in [0.2, 0.25) is 0 Å². The lowest BCUT2D eigenvalue weighted by Crippen LogP contribution is -2.14. The van der Waals surface area contributed by atoms with Crippen molar-refractivity contribution in [2.75, 3.05) is 0 Å². The third-order valence-corrected chi connectivity index (χ3v) is 4.30. The highest BCUT2D eigenvalue weighted by atomic mass is 32.2. The van der Waals surface area contributed by atoms with E-state index in [1.165, 1.54) is 24.3 Å². The summed E-state index contributed by atoms with van der Waals surface area (Å²) in [5.74, 6) is -3.05. The zero-order chi connectivity index (χ0) is 18.0. The maximum atomic E-state index is 13.7. The first-order valence-corrected chi connectivity index (χ1v) is 8.08. The molecule has 4 nitrogen and oxygen atoms in total. The molecule has 0 radical (unpaired) electrons. The topological polar surface area (TPSA) is 56.0 Å². The lowest BCUT2D eigenvalue weighted by atomic mass is 10.1. The van der Waals surface area contributed by atoms with E-state index in [0.29, 0.717) is 0 Å². The first-order chi connectivity index (χ1) is 12.0. The van der Waals surface area contributed by atoms with Crippen LogP contribution >= 0.6 is 11.8 Å². The van der Waals surface area contributed by atoms with Crippen molar-refractivity contribution in [2.24, 2.45) is 0 Å². The van der Waals surface area contributed by atoms with Crippen molar-refractivity contribution in [3.63, 3.8) is 0 Å². The SMILES string of the molecule is C[C@@H](Sc1nnc(-c2ccccc2F)o1)C(=O)c1ccc(F)c(F)c1. The van der Waals surface area contributed by atoms with E-state index in [2.05, 4.69) is 10.2 Å². The molecule has 0 aliphatic heterocycles. The summed E-state index contributed by atoms with van der Waals surface area (Å²) >= 11 is 0.949. The van der Waals surface area contributed by atoms with Crippen LogP contribution in [0.4, 0.5) is 13.2 Å². The Morgan fingerprint density at radius 2 is 1.80 bits per heavy atom. The number of carbonyl (C=O) groups excluding carboxylic acids is 1. The van der Waals surface area contributed by atoms with Crippen LogP contribution in [0.5, 0.6) is 0 Å². The van der Waals surface area contributed by atoms with Crippen LogP contribution in [0.25, 0.3) is 11.5 Å². The van der Waals surface area contributed by atoms with Gasteiger partial charge in [-0.1, -0.05) is 23.9 Å². The van der Waals surface area contributed by atoms with Crippen LogP contribution in [-0.4, -0.2) is 21.2 Å². The number of benzene rings is 2. The summed E-state index contributed by atoms with van der Waals surface area (Å²) in [5.41, 5.74) is 0.189. The molecule has 0 saturated heterocycles. The predicted molar refractivity (Wildman–Crippen MR) is 85.7 cm³/mol. The molecule has 0 aliphatic carbocycles. The number of ketones is 1. The van der Waals surface area contributed by atoms with E-state index >= 15 is 0 Å². The number of hydrogen-bond donors (Lipinski definition) is 0. The molecule has 3 aromatic rings. The highest BCUT2D eigenvalue weighted by molar-refractivity contribution is 8.00. The molecule has 0 saturated carbocycles. The Bertz CT molecular complexity index is 930. The summed E-state index contributed by atoms with van der Waals surface area (Å²) in [6.45, 7) is 1.57. The highest BCUT2D eigenvalue weighted by Crippen LogP contribution is 2.29. The van der Waals surface area contributed by atoms with Crippen LogP contribution in [0.2, 0.25) is 0 Å². The average Bonchev–Trinajstić information content (AvgIpc) is 3.05. The number of rotatable bonds is 5.